The Balaban J connectivity index is 2.39. The molecule has 6 nitrogen and oxygen atoms in total. The molecule has 0 aliphatic heterocycles. The van der Waals surface area contributed by atoms with Crippen molar-refractivity contribution in [3.63, 3.8) is 0 Å². The van der Waals surface area contributed by atoms with Gasteiger partial charge in [-0.1, -0.05) is 38.1 Å². The van der Waals surface area contributed by atoms with Gasteiger partial charge in [0.25, 0.3) is 0 Å². The SMILES string of the molecule is CNc1nc(-c2ccccc2C(C)C)ncc1OCC(=O)O. The minimum absolute atomic E-state index is 0.315. The molecule has 0 atom stereocenters. The Kier molecular flexibility index (Phi) is 4.93. The molecule has 0 aliphatic rings. The van der Waals surface area contributed by atoms with Crippen LogP contribution in [0.3, 0.4) is 0 Å². The predicted molar refractivity (Wildman–Crippen MR) is 84.2 cm³/mol. The average molecular weight is 301 g/mol. The molecule has 1 aromatic heterocycles. The van der Waals surface area contributed by atoms with E-state index in [0.29, 0.717) is 23.3 Å². The van der Waals surface area contributed by atoms with Crippen molar-refractivity contribution >= 4 is 11.8 Å². The number of hydrogen-bond donors (Lipinski definition) is 2. The first-order valence-corrected chi connectivity index (χ1v) is 7.01. The van der Waals surface area contributed by atoms with Crippen molar-refractivity contribution in [3.05, 3.63) is 36.0 Å². The molecule has 0 bridgehead atoms. The second-order valence-electron chi connectivity index (χ2n) is 5.08. The maximum atomic E-state index is 10.6. The Hall–Kier alpha value is -2.63. The Labute approximate surface area is 129 Å². The number of nitrogens with zero attached hydrogens (tertiary/aromatic N) is 2. The van der Waals surface area contributed by atoms with E-state index in [9.17, 15) is 4.79 Å². The van der Waals surface area contributed by atoms with Crippen LogP contribution in [0.5, 0.6) is 5.75 Å². The lowest BCUT2D eigenvalue weighted by molar-refractivity contribution is -0.139. The smallest absolute Gasteiger partial charge is 0.341 e. The number of ether oxygens (including phenoxy) is 1. The fraction of sp³-hybridized carbons (Fsp3) is 0.312. The second kappa shape index (κ2) is 6.89. The number of aromatic nitrogens is 2. The van der Waals surface area contributed by atoms with Crippen LogP contribution in [-0.2, 0) is 4.79 Å². The number of anilines is 1. The molecule has 6 heteroatoms. The third kappa shape index (κ3) is 3.52. The number of carboxylic acids is 1. The van der Waals surface area contributed by atoms with E-state index in [1.807, 2.05) is 18.2 Å². The van der Waals surface area contributed by atoms with Crippen LogP contribution >= 0.6 is 0 Å². The van der Waals surface area contributed by atoms with Gasteiger partial charge < -0.3 is 15.2 Å². The topological polar surface area (TPSA) is 84.3 Å². The quantitative estimate of drug-likeness (QED) is 0.853. The monoisotopic (exact) mass is 301 g/mol. The summed E-state index contributed by atoms with van der Waals surface area (Å²) in [5, 5.41) is 11.6. The molecule has 0 amide bonds. The lowest BCUT2D eigenvalue weighted by Crippen LogP contribution is -2.11. The van der Waals surface area contributed by atoms with E-state index in [-0.39, 0.29) is 0 Å². The molecule has 0 unspecified atom stereocenters. The zero-order chi connectivity index (χ0) is 16.1. The van der Waals surface area contributed by atoms with E-state index >= 15 is 0 Å². The van der Waals surface area contributed by atoms with Gasteiger partial charge in [0.1, 0.15) is 0 Å². The van der Waals surface area contributed by atoms with Crippen molar-refractivity contribution in [2.75, 3.05) is 19.0 Å². The molecule has 0 saturated carbocycles. The van der Waals surface area contributed by atoms with Crippen LogP contribution in [0.1, 0.15) is 25.3 Å². The first kappa shape index (κ1) is 15.8. The number of hydrogen-bond acceptors (Lipinski definition) is 5. The van der Waals surface area contributed by atoms with Crippen molar-refractivity contribution in [2.45, 2.75) is 19.8 Å². The van der Waals surface area contributed by atoms with E-state index in [4.69, 9.17) is 9.84 Å². The van der Waals surface area contributed by atoms with Crippen LogP contribution in [0, 0.1) is 0 Å². The normalized spacial score (nSPS) is 10.5. The van der Waals surface area contributed by atoms with Gasteiger partial charge in [0.15, 0.2) is 24.0 Å². The van der Waals surface area contributed by atoms with Crippen LogP contribution in [0.15, 0.2) is 30.5 Å². The molecule has 1 aromatic carbocycles. The molecule has 0 aliphatic carbocycles. The molecule has 2 aromatic rings. The summed E-state index contributed by atoms with van der Waals surface area (Å²) in [7, 11) is 1.70. The zero-order valence-corrected chi connectivity index (χ0v) is 12.8. The summed E-state index contributed by atoms with van der Waals surface area (Å²) in [6, 6.07) is 7.96. The van der Waals surface area contributed by atoms with Gasteiger partial charge in [0.05, 0.1) is 6.20 Å². The lowest BCUT2D eigenvalue weighted by atomic mass is 9.97. The van der Waals surface area contributed by atoms with Crippen molar-refractivity contribution in [3.8, 4) is 17.1 Å². The van der Waals surface area contributed by atoms with Crippen molar-refractivity contribution < 1.29 is 14.6 Å². The summed E-state index contributed by atoms with van der Waals surface area (Å²) in [6.45, 7) is 3.80. The van der Waals surface area contributed by atoms with E-state index in [1.54, 1.807) is 7.05 Å². The molecular weight excluding hydrogens is 282 g/mol. The summed E-state index contributed by atoms with van der Waals surface area (Å²) in [5.41, 5.74) is 2.11. The maximum absolute atomic E-state index is 10.6. The standard InChI is InChI=1S/C16H19N3O3/c1-10(2)11-6-4-5-7-12(11)15-18-8-13(16(17-3)19-15)22-9-14(20)21/h4-8,10H,9H2,1-3H3,(H,20,21)(H,17,18,19). The van der Waals surface area contributed by atoms with Gasteiger partial charge in [-0.05, 0) is 11.5 Å². The second-order valence-corrected chi connectivity index (χ2v) is 5.08. The van der Waals surface area contributed by atoms with Crippen LogP contribution < -0.4 is 10.1 Å². The molecule has 22 heavy (non-hydrogen) atoms. The van der Waals surface area contributed by atoms with Gasteiger partial charge in [0.2, 0.25) is 0 Å². The fourth-order valence-corrected chi connectivity index (χ4v) is 2.13. The fourth-order valence-electron chi connectivity index (χ4n) is 2.13. The number of rotatable bonds is 6. The van der Waals surface area contributed by atoms with E-state index in [1.165, 1.54) is 6.20 Å². The molecule has 116 valence electrons. The van der Waals surface area contributed by atoms with Gasteiger partial charge in [0, 0.05) is 12.6 Å². The molecule has 2 N–H and O–H groups in total. The summed E-state index contributed by atoms with van der Waals surface area (Å²) in [4.78, 5) is 19.3. The largest absolute Gasteiger partial charge is 0.479 e. The third-order valence-electron chi connectivity index (χ3n) is 3.17. The van der Waals surface area contributed by atoms with Crippen molar-refractivity contribution in [1.82, 2.24) is 9.97 Å². The Morgan fingerprint density at radius 2 is 2.09 bits per heavy atom. The van der Waals surface area contributed by atoms with Crippen LogP contribution in [0.2, 0.25) is 0 Å². The third-order valence-corrected chi connectivity index (χ3v) is 3.17. The highest BCUT2D eigenvalue weighted by Crippen LogP contribution is 2.29. The summed E-state index contributed by atoms with van der Waals surface area (Å²) in [6.07, 6.45) is 1.49. The van der Waals surface area contributed by atoms with Gasteiger partial charge in [-0.2, -0.15) is 0 Å². The molecule has 1 heterocycles. The number of aliphatic carboxylic acids is 1. The minimum atomic E-state index is -1.05. The number of carboxylic acid groups (broad SMARTS) is 1. The van der Waals surface area contributed by atoms with Gasteiger partial charge in [-0.25, -0.2) is 14.8 Å². The molecule has 2 rings (SSSR count). The molecule has 0 saturated heterocycles. The highest BCUT2D eigenvalue weighted by molar-refractivity contribution is 5.69. The maximum Gasteiger partial charge on any atom is 0.341 e. The Morgan fingerprint density at radius 1 is 1.36 bits per heavy atom. The molecule has 0 spiro atoms. The zero-order valence-electron chi connectivity index (χ0n) is 12.8. The molecular formula is C16H19N3O3. The first-order chi connectivity index (χ1) is 10.5. The average Bonchev–Trinajstić information content (AvgIpc) is 2.52. The summed E-state index contributed by atoms with van der Waals surface area (Å²) < 4.78 is 5.17. The summed E-state index contributed by atoms with van der Waals surface area (Å²) >= 11 is 0. The van der Waals surface area contributed by atoms with Crippen LogP contribution in [-0.4, -0.2) is 34.7 Å². The Bertz CT molecular complexity index is 671. The Morgan fingerprint density at radius 3 is 2.73 bits per heavy atom. The predicted octanol–water partition coefficient (Wildman–Crippen LogP) is 2.77. The van der Waals surface area contributed by atoms with Gasteiger partial charge in [-0.15, -0.1) is 0 Å². The number of nitrogens with one attached hydrogen (secondary N) is 1. The van der Waals surface area contributed by atoms with Gasteiger partial charge in [-0.3, -0.25) is 0 Å². The highest BCUT2D eigenvalue weighted by Gasteiger charge is 2.14. The molecule has 0 fully saturated rings. The van der Waals surface area contributed by atoms with Crippen LogP contribution in [0.25, 0.3) is 11.4 Å². The van der Waals surface area contributed by atoms with Crippen molar-refractivity contribution in [2.24, 2.45) is 0 Å². The molecule has 0 radical (unpaired) electrons. The minimum Gasteiger partial charge on any atom is -0.479 e. The van der Waals surface area contributed by atoms with E-state index in [0.717, 1.165) is 11.1 Å². The lowest BCUT2D eigenvalue weighted by Gasteiger charge is -2.13. The first-order valence-electron chi connectivity index (χ1n) is 7.01. The number of carbonyl (C=O) groups is 1. The van der Waals surface area contributed by atoms with Crippen molar-refractivity contribution in [1.29, 1.82) is 0 Å². The summed E-state index contributed by atoms with van der Waals surface area (Å²) in [5.74, 6) is 0.661. The number of benzene rings is 1. The van der Waals surface area contributed by atoms with Crippen LogP contribution in [0.4, 0.5) is 5.82 Å². The van der Waals surface area contributed by atoms with E-state index in [2.05, 4.69) is 35.2 Å². The van der Waals surface area contributed by atoms with Gasteiger partial charge >= 0.3 is 5.97 Å². The van der Waals surface area contributed by atoms with E-state index < -0.39 is 12.6 Å². The highest BCUT2D eigenvalue weighted by atomic mass is 16.5.